The van der Waals surface area contributed by atoms with E-state index >= 15 is 0 Å². The van der Waals surface area contributed by atoms with Crippen LogP contribution in [0.3, 0.4) is 0 Å². The van der Waals surface area contributed by atoms with Crippen LogP contribution < -0.4 is 0 Å². The molecule has 0 aliphatic carbocycles. The summed E-state index contributed by atoms with van der Waals surface area (Å²) in [5.41, 5.74) is 0.120. The van der Waals surface area contributed by atoms with Crippen LogP contribution in [0.1, 0.15) is 25.7 Å². The van der Waals surface area contributed by atoms with Crippen LogP contribution in [0, 0.1) is 15.5 Å². The summed E-state index contributed by atoms with van der Waals surface area (Å²) in [4.78, 5) is 3.16. The molecule has 3 nitrogen and oxygen atoms in total. The van der Waals surface area contributed by atoms with E-state index in [1.165, 1.54) is 6.07 Å². The molecule has 0 N–H and O–H groups in total. The third kappa shape index (κ3) is 3.33. The molecule has 0 spiro atoms. The average molecular weight is 343 g/mol. The SMILES string of the molecule is CCOC(OCC)c1cc(I)c(F)nc1F. The summed E-state index contributed by atoms with van der Waals surface area (Å²) < 4.78 is 37.0. The van der Waals surface area contributed by atoms with Gasteiger partial charge < -0.3 is 9.47 Å². The highest BCUT2D eigenvalue weighted by atomic mass is 127. The van der Waals surface area contributed by atoms with Gasteiger partial charge in [-0.25, -0.2) is 0 Å². The Morgan fingerprint density at radius 1 is 1.25 bits per heavy atom. The predicted octanol–water partition coefficient (Wildman–Crippen LogP) is 3.04. The summed E-state index contributed by atoms with van der Waals surface area (Å²) in [6.45, 7) is 4.29. The molecule has 1 heterocycles. The third-order valence-corrected chi connectivity index (χ3v) is 2.56. The molecule has 1 rings (SSSR count). The summed E-state index contributed by atoms with van der Waals surface area (Å²) >= 11 is 1.74. The van der Waals surface area contributed by atoms with Gasteiger partial charge >= 0.3 is 0 Å². The maximum atomic E-state index is 13.4. The second-order valence-electron chi connectivity index (χ2n) is 2.88. The van der Waals surface area contributed by atoms with Gasteiger partial charge in [0.1, 0.15) is 0 Å². The van der Waals surface area contributed by atoms with E-state index in [-0.39, 0.29) is 9.13 Å². The second-order valence-corrected chi connectivity index (χ2v) is 4.05. The van der Waals surface area contributed by atoms with Crippen LogP contribution in [0.4, 0.5) is 8.78 Å². The normalized spacial score (nSPS) is 11.1. The van der Waals surface area contributed by atoms with Crippen LogP contribution in [-0.4, -0.2) is 18.2 Å². The number of hydrogen-bond donors (Lipinski definition) is 0. The minimum Gasteiger partial charge on any atom is -0.349 e. The molecule has 16 heavy (non-hydrogen) atoms. The highest BCUT2D eigenvalue weighted by Crippen LogP contribution is 2.23. The minimum atomic E-state index is -0.898. The van der Waals surface area contributed by atoms with Crippen LogP contribution in [0.15, 0.2) is 6.07 Å². The number of ether oxygens (including phenoxy) is 2. The smallest absolute Gasteiger partial charge is 0.228 e. The van der Waals surface area contributed by atoms with E-state index in [1.807, 2.05) is 0 Å². The molecule has 0 radical (unpaired) electrons. The standard InChI is InChI=1S/C10H12F2INO2/c1-3-15-10(16-4-2)6-5-7(13)9(12)14-8(6)11/h5,10H,3-4H2,1-2H3. The van der Waals surface area contributed by atoms with E-state index in [1.54, 1.807) is 36.4 Å². The summed E-state index contributed by atoms with van der Waals surface area (Å²) in [7, 11) is 0. The van der Waals surface area contributed by atoms with Gasteiger partial charge in [0.05, 0.1) is 9.13 Å². The van der Waals surface area contributed by atoms with Gasteiger partial charge in [0.15, 0.2) is 6.29 Å². The Bertz CT molecular complexity index is 357. The van der Waals surface area contributed by atoms with E-state index in [2.05, 4.69) is 4.98 Å². The Morgan fingerprint density at radius 2 is 1.81 bits per heavy atom. The van der Waals surface area contributed by atoms with Gasteiger partial charge in [-0.15, -0.1) is 0 Å². The lowest BCUT2D eigenvalue weighted by Crippen LogP contribution is -2.13. The largest absolute Gasteiger partial charge is 0.349 e. The van der Waals surface area contributed by atoms with Crippen LogP contribution in [0.25, 0.3) is 0 Å². The highest BCUT2D eigenvalue weighted by molar-refractivity contribution is 14.1. The summed E-state index contributed by atoms with van der Waals surface area (Å²) in [6, 6.07) is 1.34. The maximum absolute atomic E-state index is 13.4. The molecule has 6 heteroatoms. The van der Waals surface area contributed by atoms with Crippen molar-refractivity contribution in [3.05, 3.63) is 27.1 Å². The number of halogens is 3. The Kier molecular flexibility index (Phi) is 5.50. The first-order valence-corrected chi connectivity index (χ1v) is 5.92. The fourth-order valence-electron chi connectivity index (χ4n) is 1.16. The molecule has 0 amide bonds. The second kappa shape index (κ2) is 6.41. The lowest BCUT2D eigenvalue weighted by molar-refractivity contribution is -0.142. The van der Waals surface area contributed by atoms with E-state index < -0.39 is 18.2 Å². The van der Waals surface area contributed by atoms with Crippen LogP contribution in [0.2, 0.25) is 0 Å². The Balaban J connectivity index is 3.03. The quantitative estimate of drug-likeness (QED) is 0.468. The van der Waals surface area contributed by atoms with E-state index in [4.69, 9.17) is 9.47 Å². The minimum absolute atomic E-state index is 0.120. The Hall–Kier alpha value is -0.340. The first-order valence-electron chi connectivity index (χ1n) is 4.84. The van der Waals surface area contributed by atoms with Crippen molar-refractivity contribution in [1.29, 1.82) is 0 Å². The zero-order valence-electron chi connectivity index (χ0n) is 8.97. The molecule has 0 saturated heterocycles. The maximum Gasteiger partial charge on any atom is 0.228 e. The predicted molar refractivity (Wildman–Crippen MR) is 62.9 cm³/mol. The monoisotopic (exact) mass is 343 g/mol. The number of rotatable bonds is 5. The van der Waals surface area contributed by atoms with Gasteiger partial charge in [0.25, 0.3) is 0 Å². The highest BCUT2D eigenvalue weighted by Gasteiger charge is 2.19. The van der Waals surface area contributed by atoms with E-state index in [0.29, 0.717) is 13.2 Å². The van der Waals surface area contributed by atoms with Gasteiger partial charge in [0, 0.05) is 13.2 Å². The van der Waals surface area contributed by atoms with Gasteiger partial charge in [-0.1, -0.05) is 0 Å². The van der Waals surface area contributed by atoms with Crippen molar-refractivity contribution in [2.24, 2.45) is 0 Å². The van der Waals surface area contributed by atoms with Crippen molar-refractivity contribution in [3.8, 4) is 0 Å². The van der Waals surface area contributed by atoms with Gasteiger partial charge in [0.2, 0.25) is 11.9 Å². The zero-order chi connectivity index (χ0) is 12.1. The first kappa shape index (κ1) is 13.7. The molecule has 0 fully saturated rings. The molecule has 0 bridgehead atoms. The zero-order valence-corrected chi connectivity index (χ0v) is 11.1. The molecule has 0 aliphatic rings. The van der Waals surface area contributed by atoms with Crippen LogP contribution >= 0.6 is 22.6 Å². The molecule has 0 saturated carbocycles. The van der Waals surface area contributed by atoms with Crippen molar-refractivity contribution in [2.45, 2.75) is 20.1 Å². The summed E-state index contributed by atoms with van der Waals surface area (Å²) in [5, 5.41) is 0. The molecule has 0 unspecified atom stereocenters. The van der Waals surface area contributed by atoms with Crippen molar-refractivity contribution in [1.82, 2.24) is 4.98 Å². The van der Waals surface area contributed by atoms with Gasteiger partial charge in [-0.2, -0.15) is 13.8 Å². The number of pyridine rings is 1. The molecule has 0 aliphatic heterocycles. The molecule has 0 aromatic carbocycles. The lowest BCUT2D eigenvalue weighted by atomic mass is 10.2. The topological polar surface area (TPSA) is 31.4 Å². The number of aromatic nitrogens is 1. The molecule has 90 valence electrons. The number of hydrogen-bond acceptors (Lipinski definition) is 3. The molecular formula is C10H12F2INO2. The van der Waals surface area contributed by atoms with Gasteiger partial charge in [-0.05, 0) is 42.5 Å². The van der Waals surface area contributed by atoms with Crippen molar-refractivity contribution < 1.29 is 18.3 Å². The third-order valence-electron chi connectivity index (χ3n) is 1.80. The van der Waals surface area contributed by atoms with Crippen molar-refractivity contribution in [2.75, 3.05) is 13.2 Å². The van der Waals surface area contributed by atoms with Crippen molar-refractivity contribution >= 4 is 22.6 Å². The van der Waals surface area contributed by atoms with Crippen LogP contribution in [-0.2, 0) is 9.47 Å². The molecular weight excluding hydrogens is 331 g/mol. The molecule has 0 atom stereocenters. The van der Waals surface area contributed by atoms with Crippen LogP contribution in [0.5, 0.6) is 0 Å². The number of nitrogens with zero attached hydrogens (tertiary/aromatic N) is 1. The fraction of sp³-hybridized carbons (Fsp3) is 0.500. The van der Waals surface area contributed by atoms with Gasteiger partial charge in [-0.3, -0.25) is 0 Å². The summed E-state index contributed by atoms with van der Waals surface area (Å²) in [5.74, 6) is -1.72. The summed E-state index contributed by atoms with van der Waals surface area (Å²) in [6.07, 6.45) is -0.836. The Labute approximate surface area is 106 Å². The molecule has 1 aromatic heterocycles. The van der Waals surface area contributed by atoms with Crippen molar-refractivity contribution in [3.63, 3.8) is 0 Å². The first-order chi connectivity index (χ1) is 7.60. The van der Waals surface area contributed by atoms with E-state index in [0.717, 1.165) is 0 Å². The Morgan fingerprint density at radius 3 is 2.31 bits per heavy atom. The van der Waals surface area contributed by atoms with E-state index in [9.17, 15) is 8.78 Å². The lowest BCUT2D eigenvalue weighted by Gasteiger charge is -2.17. The molecule has 1 aromatic rings. The average Bonchev–Trinajstić information content (AvgIpc) is 2.23. The fourth-order valence-corrected chi connectivity index (χ4v) is 1.61.